The molecule has 1 amide bonds. The molecule has 0 spiro atoms. The fourth-order valence-corrected chi connectivity index (χ4v) is 5.57. The van der Waals surface area contributed by atoms with E-state index < -0.39 is 33.3 Å². The molecule has 172 valence electrons. The van der Waals surface area contributed by atoms with E-state index in [1.807, 2.05) is 18.2 Å². The highest BCUT2D eigenvalue weighted by Gasteiger charge is 2.30. The quantitative estimate of drug-likeness (QED) is 0.560. The summed E-state index contributed by atoms with van der Waals surface area (Å²) in [5.74, 6) is -2.21. The molecule has 8 heteroatoms. The summed E-state index contributed by atoms with van der Waals surface area (Å²) in [6.07, 6.45) is 2.42. The number of sulfonamides is 1. The summed E-state index contributed by atoms with van der Waals surface area (Å²) >= 11 is 0. The number of nitrogens with zero attached hydrogens (tertiary/aromatic N) is 1. The van der Waals surface area contributed by atoms with Crippen LogP contribution in [0.3, 0.4) is 0 Å². The van der Waals surface area contributed by atoms with E-state index in [0.717, 1.165) is 31.4 Å². The number of rotatable bonds is 6. The minimum absolute atomic E-state index is 0.00214. The minimum Gasteiger partial charge on any atom is -0.317 e. The lowest BCUT2D eigenvalue weighted by Gasteiger charge is -2.31. The summed E-state index contributed by atoms with van der Waals surface area (Å²) in [5, 5.41) is 2.18. The van der Waals surface area contributed by atoms with E-state index in [0.29, 0.717) is 19.0 Å². The molecule has 0 bridgehead atoms. The van der Waals surface area contributed by atoms with Crippen LogP contribution in [0, 0.1) is 17.6 Å². The number of piperidine rings is 1. The maximum atomic E-state index is 13.8. The number of amides is 1. The van der Waals surface area contributed by atoms with E-state index in [4.69, 9.17) is 0 Å². The molecule has 4 rings (SSSR count). The number of carbonyl (C=O) groups excluding carboxylic acids is 1. The van der Waals surface area contributed by atoms with Gasteiger partial charge in [0.25, 0.3) is 5.91 Å². The second-order valence-corrected chi connectivity index (χ2v) is 10.1. The molecule has 0 radical (unpaired) electrons. The van der Waals surface area contributed by atoms with Crippen LogP contribution in [-0.4, -0.2) is 31.7 Å². The Bertz CT molecular complexity index is 1220. The van der Waals surface area contributed by atoms with Crippen molar-refractivity contribution in [2.24, 2.45) is 5.92 Å². The molecule has 1 saturated heterocycles. The second kappa shape index (κ2) is 9.80. The molecule has 1 fully saturated rings. The highest BCUT2D eigenvalue weighted by Crippen LogP contribution is 2.27. The Balaban J connectivity index is 1.44. The zero-order valence-electron chi connectivity index (χ0n) is 17.9. The van der Waals surface area contributed by atoms with Crippen molar-refractivity contribution in [2.45, 2.75) is 24.2 Å². The van der Waals surface area contributed by atoms with Crippen LogP contribution in [0.15, 0.2) is 77.7 Å². The number of hydrogen-bond donors (Lipinski definition) is 1. The predicted molar refractivity (Wildman–Crippen MR) is 122 cm³/mol. The molecule has 1 N–H and O–H groups in total. The Kier molecular flexibility index (Phi) is 6.85. The van der Waals surface area contributed by atoms with Gasteiger partial charge in [0.05, 0.1) is 4.90 Å². The number of halogens is 2. The molecular weight excluding hydrogens is 446 g/mol. The molecule has 0 unspecified atom stereocenters. The summed E-state index contributed by atoms with van der Waals surface area (Å²) in [6, 6.07) is 18.9. The molecular formula is C25H24F2N2O3S. The van der Waals surface area contributed by atoms with Crippen molar-refractivity contribution < 1.29 is 22.0 Å². The zero-order chi connectivity index (χ0) is 23.4. The molecule has 0 aliphatic carbocycles. The SMILES string of the molecule is O=C(Nc1c(F)cccc1F)c1cccc(S(=O)(=O)N2CCC(Cc3ccccc3)CC2)c1. The van der Waals surface area contributed by atoms with E-state index >= 15 is 0 Å². The van der Waals surface area contributed by atoms with Gasteiger partial charge >= 0.3 is 0 Å². The van der Waals surface area contributed by atoms with Crippen LogP contribution in [0.2, 0.25) is 0 Å². The number of hydrogen-bond acceptors (Lipinski definition) is 3. The van der Waals surface area contributed by atoms with Gasteiger partial charge in [0.1, 0.15) is 17.3 Å². The second-order valence-electron chi connectivity index (χ2n) is 8.12. The highest BCUT2D eigenvalue weighted by molar-refractivity contribution is 7.89. The first-order chi connectivity index (χ1) is 15.8. The van der Waals surface area contributed by atoms with Gasteiger partial charge in [-0.3, -0.25) is 4.79 Å². The largest absolute Gasteiger partial charge is 0.317 e. The lowest BCUT2D eigenvalue weighted by molar-refractivity contribution is 0.102. The van der Waals surface area contributed by atoms with Crippen molar-refractivity contribution in [1.82, 2.24) is 4.31 Å². The van der Waals surface area contributed by atoms with Crippen LogP contribution in [0.5, 0.6) is 0 Å². The summed E-state index contributed by atoms with van der Waals surface area (Å²) in [6.45, 7) is 0.799. The molecule has 0 saturated carbocycles. The van der Waals surface area contributed by atoms with Gasteiger partial charge in [0.2, 0.25) is 10.0 Å². The number of benzene rings is 3. The average Bonchev–Trinajstić information content (AvgIpc) is 2.82. The number of para-hydroxylation sites is 1. The predicted octanol–water partition coefficient (Wildman–Crippen LogP) is 4.86. The number of carbonyl (C=O) groups is 1. The van der Waals surface area contributed by atoms with E-state index in [1.54, 1.807) is 0 Å². The first-order valence-corrected chi connectivity index (χ1v) is 12.2. The lowest BCUT2D eigenvalue weighted by atomic mass is 9.91. The third kappa shape index (κ3) is 5.29. The fourth-order valence-electron chi connectivity index (χ4n) is 4.05. The van der Waals surface area contributed by atoms with E-state index in [-0.39, 0.29) is 10.5 Å². The minimum atomic E-state index is -3.80. The molecule has 0 atom stereocenters. The fraction of sp³-hybridized carbons (Fsp3) is 0.240. The highest BCUT2D eigenvalue weighted by atomic mass is 32.2. The van der Waals surface area contributed by atoms with Crippen molar-refractivity contribution in [3.63, 3.8) is 0 Å². The zero-order valence-corrected chi connectivity index (χ0v) is 18.7. The molecule has 0 aromatic heterocycles. The Hall–Kier alpha value is -3.10. The van der Waals surface area contributed by atoms with Crippen molar-refractivity contribution in [3.05, 3.63) is 95.6 Å². The van der Waals surface area contributed by atoms with Gasteiger partial charge in [-0.1, -0.05) is 42.5 Å². The Morgan fingerprint density at radius 3 is 2.21 bits per heavy atom. The molecule has 3 aromatic carbocycles. The van der Waals surface area contributed by atoms with Crippen LogP contribution in [0.4, 0.5) is 14.5 Å². The summed E-state index contributed by atoms with van der Waals surface area (Å²) < 4.78 is 55.5. The van der Waals surface area contributed by atoms with Crippen LogP contribution < -0.4 is 5.32 Å². The first-order valence-electron chi connectivity index (χ1n) is 10.7. The molecule has 1 aliphatic heterocycles. The monoisotopic (exact) mass is 470 g/mol. The Morgan fingerprint density at radius 2 is 1.55 bits per heavy atom. The number of anilines is 1. The Morgan fingerprint density at radius 1 is 0.909 bits per heavy atom. The Labute approximate surface area is 192 Å². The van der Waals surface area contributed by atoms with Gasteiger partial charge in [-0.05, 0) is 61.1 Å². The molecule has 33 heavy (non-hydrogen) atoms. The van der Waals surface area contributed by atoms with Gasteiger partial charge in [-0.2, -0.15) is 4.31 Å². The molecule has 1 aliphatic rings. The summed E-state index contributed by atoms with van der Waals surface area (Å²) in [7, 11) is -3.80. The van der Waals surface area contributed by atoms with Gasteiger partial charge in [0, 0.05) is 18.7 Å². The molecule has 1 heterocycles. The van der Waals surface area contributed by atoms with Gasteiger partial charge in [-0.15, -0.1) is 0 Å². The van der Waals surface area contributed by atoms with Crippen molar-refractivity contribution in [3.8, 4) is 0 Å². The van der Waals surface area contributed by atoms with Crippen LogP contribution >= 0.6 is 0 Å². The van der Waals surface area contributed by atoms with E-state index in [9.17, 15) is 22.0 Å². The first kappa shape index (κ1) is 23.1. The number of nitrogens with one attached hydrogen (secondary N) is 1. The van der Waals surface area contributed by atoms with E-state index in [1.165, 1.54) is 40.2 Å². The van der Waals surface area contributed by atoms with Crippen LogP contribution in [0.25, 0.3) is 0 Å². The van der Waals surface area contributed by atoms with Gasteiger partial charge < -0.3 is 5.32 Å². The average molecular weight is 471 g/mol. The van der Waals surface area contributed by atoms with Crippen molar-refractivity contribution in [2.75, 3.05) is 18.4 Å². The third-order valence-corrected chi connectivity index (χ3v) is 7.77. The van der Waals surface area contributed by atoms with E-state index in [2.05, 4.69) is 17.4 Å². The van der Waals surface area contributed by atoms with Crippen molar-refractivity contribution >= 4 is 21.6 Å². The lowest BCUT2D eigenvalue weighted by Crippen LogP contribution is -2.38. The van der Waals surface area contributed by atoms with Crippen LogP contribution in [0.1, 0.15) is 28.8 Å². The standard InChI is InChI=1S/C25H24F2N2O3S/c26-22-10-5-11-23(27)24(22)28-25(30)20-8-4-9-21(17-20)33(31,32)29-14-12-19(13-15-29)16-18-6-2-1-3-7-18/h1-11,17,19H,12-16H2,(H,28,30). The molecule has 3 aromatic rings. The topological polar surface area (TPSA) is 66.5 Å². The smallest absolute Gasteiger partial charge is 0.255 e. The molecule has 5 nitrogen and oxygen atoms in total. The van der Waals surface area contributed by atoms with Crippen LogP contribution in [-0.2, 0) is 16.4 Å². The van der Waals surface area contributed by atoms with Gasteiger partial charge in [-0.25, -0.2) is 17.2 Å². The maximum Gasteiger partial charge on any atom is 0.255 e. The summed E-state index contributed by atoms with van der Waals surface area (Å²) in [5.41, 5.74) is 0.665. The summed E-state index contributed by atoms with van der Waals surface area (Å²) in [4.78, 5) is 12.5. The third-order valence-electron chi connectivity index (χ3n) is 5.88. The normalized spacial score (nSPS) is 15.3. The maximum absolute atomic E-state index is 13.8. The van der Waals surface area contributed by atoms with Crippen molar-refractivity contribution in [1.29, 1.82) is 0 Å². The van der Waals surface area contributed by atoms with Gasteiger partial charge in [0.15, 0.2) is 0 Å².